The maximum absolute atomic E-state index is 4.67. The smallest absolute Gasteiger partial charge is 0.156 e. The van der Waals surface area contributed by atoms with Gasteiger partial charge in [0.1, 0.15) is 5.52 Å². The summed E-state index contributed by atoms with van der Waals surface area (Å²) in [5.41, 5.74) is 3.10. The molecular formula is C13H14N4. The van der Waals surface area contributed by atoms with Gasteiger partial charge in [0.25, 0.3) is 0 Å². The Bertz CT molecular complexity index is 697. The Morgan fingerprint density at radius 3 is 2.71 bits per heavy atom. The van der Waals surface area contributed by atoms with Gasteiger partial charge in [-0.1, -0.05) is 18.2 Å². The van der Waals surface area contributed by atoms with E-state index >= 15 is 0 Å². The largest absolute Gasteiger partial charge is 0.361 e. The molecule has 0 radical (unpaired) electrons. The van der Waals surface area contributed by atoms with Crippen LogP contribution in [-0.4, -0.2) is 28.6 Å². The average Bonchev–Trinajstić information content (AvgIpc) is 2.71. The van der Waals surface area contributed by atoms with Crippen LogP contribution in [0.1, 0.15) is 0 Å². The third-order valence-electron chi connectivity index (χ3n) is 2.96. The minimum absolute atomic E-state index is 0.916. The predicted molar refractivity (Wildman–Crippen MR) is 70.3 cm³/mol. The summed E-state index contributed by atoms with van der Waals surface area (Å²) < 4.78 is 2.05. The van der Waals surface area contributed by atoms with E-state index in [4.69, 9.17) is 0 Å². The summed E-state index contributed by atoms with van der Waals surface area (Å²) in [6.07, 6.45) is 1.84. The third-order valence-corrected chi connectivity index (χ3v) is 2.96. The topological polar surface area (TPSA) is 34.0 Å². The number of imidazole rings is 1. The highest BCUT2D eigenvalue weighted by atomic mass is 15.2. The lowest BCUT2D eigenvalue weighted by Crippen LogP contribution is -2.11. The normalized spacial score (nSPS) is 11.2. The van der Waals surface area contributed by atoms with Crippen molar-refractivity contribution in [2.45, 2.75) is 0 Å². The quantitative estimate of drug-likeness (QED) is 0.638. The van der Waals surface area contributed by atoms with Crippen molar-refractivity contribution in [1.82, 2.24) is 14.5 Å². The highest BCUT2D eigenvalue weighted by molar-refractivity contribution is 6.06. The van der Waals surface area contributed by atoms with Crippen LogP contribution in [0.25, 0.3) is 21.9 Å². The molecule has 1 aromatic carbocycles. The van der Waals surface area contributed by atoms with E-state index in [0.29, 0.717) is 0 Å². The predicted octanol–water partition coefficient (Wildman–Crippen LogP) is 2.19. The Morgan fingerprint density at radius 1 is 1.18 bits per heavy atom. The Kier molecular flexibility index (Phi) is 2.04. The van der Waals surface area contributed by atoms with Crippen molar-refractivity contribution < 1.29 is 0 Å². The molecule has 4 heteroatoms. The van der Waals surface area contributed by atoms with Crippen LogP contribution in [0, 0.1) is 0 Å². The molecule has 2 aromatic heterocycles. The van der Waals surface area contributed by atoms with Crippen molar-refractivity contribution in [2.24, 2.45) is 7.05 Å². The van der Waals surface area contributed by atoms with Crippen LogP contribution in [0.15, 0.2) is 30.6 Å². The second-order valence-electron chi connectivity index (χ2n) is 4.40. The zero-order valence-electron chi connectivity index (χ0n) is 10.2. The van der Waals surface area contributed by atoms with E-state index < -0.39 is 0 Å². The minimum atomic E-state index is 0.916. The molecule has 0 N–H and O–H groups in total. The van der Waals surface area contributed by atoms with E-state index in [1.54, 1.807) is 0 Å². The Labute approximate surface area is 99.5 Å². The number of pyridine rings is 1. The number of benzene rings is 1. The van der Waals surface area contributed by atoms with Crippen molar-refractivity contribution in [3.8, 4) is 0 Å². The van der Waals surface area contributed by atoms with Crippen LogP contribution in [0.4, 0.5) is 5.82 Å². The number of hydrogen-bond donors (Lipinski definition) is 0. The number of aromatic nitrogens is 3. The fourth-order valence-corrected chi connectivity index (χ4v) is 2.16. The highest BCUT2D eigenvalue weighted by Gasteiger charge is 2.13. The second kappa shape index (κ2) is 3.45. The fraction of sp³-hybridized carbons (Fsp3) is 0.231. The standard InChI is InChI=1S/C13H14N4/c1-16(2)13-11-12(17(3)8-14-11)9-6-4-5-7-10(9)15-13/h4-8H,1-3H3. The van der Waals surface area contributed by atoms with Crippen LogP contribution >= 0.6 is 0 Å². The minimum Gasteiger partial charge on any atom is -0.361 e. The molecule has 86 valence electrons. The van der Waals surface area contributed by atoms with Gasteiger partial charge in [-0.25, -0.2) is 9.97 Å². The van der Waals surface area contributed by atoms with Gasteiger partial charge in [-0.15, -0.1) is 0 Å². The first-order valence-electron chi connectivity index (χ1n) is 5.55. The summed E-state index contributed by atoms with van der Waals surface area (Å²) in [6.45, 7) is 0. The highest BCUT2D eigenvalue weighted by Crippen LogP contribution is 2.28. The number of rotatable bonds is 1. The number of fused-ring (bicyclic) bond motifs is 3. The molecule has 0 unspecified atom stereocenters. The van der Waals surface area contributed by atoms with Gasteiger partial charge < -0.3 is 9.47 Å². The van der Waals surface area contributed by atoms with Crippen molar-refractivity contribution in [1.29, 1.82) is 0 Å². The monoisotopic (exact) mass is 226 g/mol. The van der Waals surface area contributed by atoms with E-state index in [9.17, 15) is 0 Å². The average molecular weight is 226 g/mol. The molecule has 3 aromatic rings. The molecule has 4 nitrogen and oxygen atoms in total. The van der Waals surface area contributed by atoms with Crippen LogP contribution < -0.4 is 4.90 Å². The molecule has 0 atom stereocenters. The van der Waals surface area contributed by atoms with Gasteiger partial charge in [0.05, 0.1) is 17.4 Å². The van der Waals surface area contributed by atoms with Crippen LogP contribution in [-0.2, 0) is 7.05 Å². The third kappa shape index (κ3) is 1.37. The lowest BCUT2D eigenvalue weighted by molar-refractivity contribution is 0.951. The zero-order chi connectivity index (χ0) is 12.0. The summed E-state index contributed by atoms with van der Waals surface area (Å²) in [5, 5.41) is 1.15. The van der Waals surface area contributed by atoms with E-state index in [1.165, 1.54) is 0 Å². The van der Waals surface area contributed by atoms with Gasteiger partial charge in [-0.05, 0) is 6.07 Å². The summed E-state index contributed by atoms with van der Waals surface area (Å²) in [5.74, 6) is 0.916. The molecule has 17 heavy (non-hydrogen) atoms. The van der Waals surface area contributed by atoms with Crippen LogP contribution in [0.2, 0.25) is 0 Å². The number of aryl methyl sites for hydroxylation is 1. The van der Waals surface area contributed by atoms with E-state index in [1.807, 2.05) is 55.1 Å². The summed E-state index contributed by atoms with van der Waals surface area (Å²) in [6, 6.07) is 8.17. The summed E-state index contributed by atoms with van der Waals surface area (Å²) in [7, 11) is 6.00. The molecule has 0 bridgehead atoms. The zero-order valence-corrected chi connectivity index (χ0v) is 10.2. The summed E-state index contributed by atoms with van der Waals surface area (Å²) in [4.78, 5) is 11.1. The molecule has 0 aliphatic carbocycles. The molecule has 0 saturated carbocycles. The van der Waals surface area contributed by atoms with E-state index in [-0.39, 0.29) is 0 Å². The second-order valence-corrected chi connectivity index (χ2v) is 4.40. The lowest BCUT2D eigenvalue weighted by Gasteiger charge is -2.13. The fourth-order valence-electron chi connectivity index (χ4n) is 2.16. The maximum Gasteiger partial charge on any atom is 0.156 e. The molecule has 3 rings (SSSR count). The van der Waals surface area contributed by atoms with Gasteiger partial charge >= 0.3 is 0 Å². The van der Waals surface area contributed by atoms with Crippen molar-refractivity contribution in [2.75, 3.05) is 19.0 Å². The number of nitrogens with zero attached hydrogens (tertiary/aromatic N) is 4. The van der Waals surface area contributed by atoms with E-state index in [2.05, 4.69) is 16.0 Å². The lowest BCUT2D eigenvalue weighted by atomic mass is 10.2. The molecule has 0 aliphatic rings. The van der Waals surface area contributed by atoms with Gasteiger partial charge in [-0.2, -0.15) is 0 Å². The van der Waals surface area contributed by atoms with Gasteiger partial charge in [0, 0.05) is 26.5 Å². The Hall–Kier alpha value is -2.10. The SMILES string of the molecule is CN(C)c1nc2ccccc2c2c1ncn2C. The molecule has 0 aliphatic heterocycles. The number of anilines is 1. The molecular weight excluding hydrogens is 212 g/mol. The molecule has 0 spiro atoms. The van der Waals surface area contributed by atoms with Crippen molar-refractivity contribution in [3.63, 3.8) is 0 Å². The Balaban J connectivity index is 2.57. The first-order valence-corrected chi connectivity index (χ1v) is 5.55. The molecule has 0 fully saturated rings. The maximum atomic E-state index is 4.67. The van der Waals surface area contributed by atoms with E-state index in [0.717, 1.165) is 27.8 Å². The van der Waals surface area contributed by atoms with Crippen molar-refractivity contribution >= 4 is 27.8 Å². The Morgan fingerprint density at radius 2 is 1.94 bits per heavy atom. The number of hydrogen-bond acceptors (Lipinski definition) is 3. The number of para-hydroxylation sites is 1. The van der Waals surface area contributed by atoms with Crippen molar-refractivity contribution in [3.05, 3.63) is 30.6 Å². The molecule has 2 heterocycles. The van der Waals surface area contributed by atoms with Gasteiger partial charge in [0.15, 0.2) is 5.82 Å². The molecule has 0 amide bonds. The summed E-state index contributed by atoms with van der Waals surface area (Å²) >= 11 is 0. The van der Waals surface area contributed by atoms with Crippen LogP contribution in [0.3, 0.4) is 0 Å². The first kappa shape index (κ1) is 10.1. The van der Waals surface area contributed by atoms with Gasteiger partial charge in [-0.3, -0.25) is 0 Å². The van der Waals surface area contributed by atoms with Crippen LogP contribution in [0.5, 0.6) is 0 Å². The van der Waals surface area contributed by atoms with Gasteiger partial charge in [0.2, 0.25) is 0 Å². The first-order chi connectivity index (χ1) is 8.18. The molecule has 0 saturated heterocycles.